The molecule has 1 saturated carbocycles. The van der Waals surface area contributed by atoms with Crippen LogP contribution in [0.5, 0.6) is 5.75 Å². The molecule has 0 unspecified atom stereocenters. The fourth-order valence-corrected chi connectivity index (χ4v) is 2.33. The molecule has 1 aliphatic carbocycles. The number of benzene rings is 1. The average Bonchev–Trinajstić information content (AvgIpc) is 2.35. The highest BCUT2D eigenvalue weighted by atomic mass is 16.3. The van der Waals surface area contributed by atoms with E-state index in [2.05, 4.69) is 5.32 Å². The monoisotopic (exact) mass is 249 g/mol. The minimum Gasteiger partial charge on any atom is -0.508 e. The molecule has 18 heavy (non-hydrogen) atoms. The van der Waals surface area contributed by atoms with Crippen molar-refractivity contribution in [3.05, 3.63) is 29.8 Å². The van der Waals surface area contributed by atoms with E-state index in [1.165, 1.54) is 0 Å². The summed E-state index contributed by atoms with van der Waals surface area (Å²) in [7, 11) is 0. The Balaban J connectivity index is 1.84. The lowest BCUT2D eigenvalue weighted by molar-refractivity contribution is -0.121. The first-order valence-corrected chi connectivity index (χ1v) is 6.39. The Morgan fingerprint density at radius 3 is 2.56 bits per heavy atom. The number of carbonyl (C=O) groups is 1. The van der Waals surface area contributed by atoms with Crippen LogP contribution in [0.25, 0.3) is 0 Å². The van der Waals surface area contributed by atoms with Crippen molar-refractivity contribution in [2.75, 3.05) is 0 Å². The van der Waals surface area contributed by atoms with Crippen molar-refractivity contribution in [2.24, 2.45) is 0 Å². The van der Waals surface area contributed by atoms with Crippen LogP contribution in [0.1, 0.15) is 31.2 Å². The quantitative estimate of drug-likeness (QED) is 0.757. The van der Waals surface area contributed by atoms with Crippen molar-refractivity contribution >= 4 is 5.91 Å². The zero-order valence-electron chi connectivity index (χ0n) is 10.3. The molecule has 0 bridgehead atoms. The number of amides is 1. The Bertz CT molecular complexity index is 411. The molecular weight excluding hydrogens is 230 g/mol. The first-order chi connectivity index (χ1) is 8.65. The molecule has 0 saturated heterocycles. The Morgan fingerprint density at radius 2 is 1.89 bits per heavy atom. The van der Waals surface area contributed by atoms with Crippen LogP contribution in [0.4, 0.5) is 0 Å². The van der Waals surface area contributed by atoms with Gasteiger partial charge in [-0.25, -0.2) is 0 Å². The van der Waals surface area contributed by atoms with Gasteiger partial charge in [0.15, 0.2) is 0 Å². The van der Waals surface area contributed by atoms with Crippen molar-refractivity contribution in [3.8, 4) is 5.75 Å². The van der Waals surface area contributed by atoms with Gasteiger partial charge in [-0.05, 0) is 31.7 Å². The van der Waals surface area contributed by atoms with Crippen molar-refractivity contribution in [1.29, 1.82) is 0 Å². The van der Waals surface area contributed by atoms with Crippen molar-refractivity contribution in [2.45, 2.75) is 44.2 Å². The maximum absolute atomic E-state index is 11.8. The smallest absolute Gasteiger partial charge is 0.224 e. The molecule has 0 atom stereocenters. The fourth-order valence-electron chi connectivity index (χ4n) is 2.33. The number of phenolic OH excluding ortho intramolecular Hbond substituents is 1. The number of nitrogens with one attached hydrogen (secondary N) is 1. The first-order valence-electron chi connectivity index (χ1n) is 6.39. The summed E-state index contributed by atoms with van der Waals surface area (Å²) in [5.41, 5.74) is 0.644. The van der Waals surface area contributed by atoms with E-state index >= 15 is 0 Å². The lowest BCUT2D eigenvalue weighted by atomic mass is 9.93. The minimum atomic E-state index is -0.212. The lowest BCUT2D eigenvalue weighted by Gasteiger charge is -2.26. The number of aliphatic hydroxyl groups excluding tert-OH is 1. The highest BCUT2D eigenvalue weighted by Crippen LogP contribution is 2.19. The SMILES string of the molecule is O=C(Cc1ccccc1O)NC1CCC(O)CC1. The maximum atomic E-state index is 11.8. The number of rotatable bonds is 3. The van der Waals surface area contributed by atoms with Gasteiger partial charge in [0.25, 0.3) is 0 Å². The zero-order chi connectivity index (χ0) is 13.0. The van der Waals surface area contributed by atoms with Gasteiger partial charge in [-0.2, -0.15) is 0 Å². The molecule has 0 heterocycles. The van der Waals surface area contributed by atoms with E-state index in [0.717, 1.165) is 25.7 Å². The normalized spacial score (nSPS) is 23.6. The van der Waals surface area contributed by atoms with Gasteiger partial charge in [0, 0.05) is 11.6 Å². The molecule has 4 heteroatoms. The zero-order valence-corrected chi connectivity index (χ0v) is 10.3. The number of aliphatic hydroxyl groups is 1. The van der Waals surface area contributed by atoms with Crippen LogP contribution >= 0.6 is 0 Å². The molecule has 2 rings (SSSR count). The van der Waals surface area contributed by atoms with Crippen LogP contribution in [-0.2, 0) is 11.2 Å². The molecule has 0 aromatic heterocycles. The maximum Gasteiger partial charge on any atom is 0.224 e. The Kier molecular flexibility index (Phi) is 4.20. The van der Waals surface area contributed by atoms with Gasteiger partial charge in [-0.1, -0.05) is 18.2 Å². The van der Waals surface area contributed by atoms with E-state index in [9.17, 15) is 15.0 Å². The van der Waals surface area contributed by atoms with Gasteiger partial charge in [0.2, 0.25) is 5.91 Å². The Labute approximate surface area is 107 Å². The summed E-state index contributed by atoms with van der Waals surface area (Å²) >= 11 is 0. The van der Waals surface area contributed by atoms with E-state index in [4.69, 9.17) is 0 Å². The second-order valence-electron chi connectivity index (χ2n) is 4.88. The highest BCUT2D eigenvalue weighted by Gasteiger charge is 2.20. The van der Waals surface area contributed by atoms with E-state index in [1.54, 1.807) is 24.3 Å². The Hall–Kier alpha value is -1.55. The molecule has 1 aromatic rings. The van der Waals surface area contributed by atoms with Gasteiger partial charge in [0.05, 0.1) is 12.5 Å². The third-order valence-corrected chi connectivity index (χ3v) is 3.40. The number of carbonyl (C=O) groups excluding carboxylic acids is 1. The van der Waals surface area contributed by atoms with Crippen LogP contribution in [0.2, 0.25) is 0 Å². The third kappa shape index (κ3) is 3.47. The number of phenols is 1. The number of hydrogen-bond donors (Lipinski definition) is 3. The predicted octanol–water partition coefficient (Wildman–Crippen LogP) is 1.35. The van der Waals surface area contributed by atoms with Crippen LogP contribution in [0, 0.1) is 0 Å². The van der Waals surface area contributed by atoms with E-state index < -0.39 is 0 Å². The topological polar surface area (TPSA) is 69.6 Å². The first kappa shape index (κ1) is 12.9. The molecule has 4 nitrogen and oxygen atoms in total. The summed E-state index contributed by atoms with van der Waals surface area (Å²) in [5, 5.41) is 21.9. The molecule has 1 fully saturated rings. The summed E-state index contributed by atoms with van der Waals surface area (Å²) in [5.74, 6) is 0.0876. The molecular formula is C14H19NO3. The molecule has 0 spiro atoms. The van der Waals surface area contributed by atoms with Crippen molar-refractivity contribution in [3.63, 3.8) is 0 Å². The Morgan fingerprint density at radius 1 is 1.22 bits per heavy atom. The van der Waals surface area contributed by atoms with Crippen molar-refractivity contribution < 1.29 is 15.0 Å². The van der Waals surface area contributed by atoms with Crippen LogP contribution in [0.15, 0.2) is 24.3 Å². The average molecular weight is 249 g/mol. The largest absolute Gasteiger partial charge is 0.508 e. The van der Waals surface area contributed by atoms with Gasteiger partial charge >= 0.3 is 0 Å². The van der Waals surface area contributed by atoms with E-state index in [1.807, 2.05) is 0 Å². The number of aromatic hydroxyl groups is 1. The molecule has 3 N–H and O–H groups in total. The van der Waals surface area contributed by atoms with Crippen molar-refractivity contribution in [1.82, 2.24) is 5.32 Å². The summed E-state index contributed by atoms with van der Waals surface area (Å²) in [6, 6.07) is 7.03. The molecule has 1 aromatic carbocycles. The summed E-state index contributed by atoms with van der Waals surface area (Å²) in [6.07, 6.45) is 3.15. The second-order valence-corrected chi connectivity index (χ2v) is 4.88. The van der Waals surface area contributed by atoms with E-state index in [0.29, 0.717) is 5.56 Å². The molecule has 1 amide bonds. The fraction of sp³-hybridized carbons (Fsp3) is 0.500. The highest BCUT2D eigenvalue weighted by molar-refractivity contribution is 5.79. The summed E-state index contributed by atoms with van der Waals surface area (Å²) < 4.78 is 0. The third-order valence-electron chi connectivity index (χ3n) is 3.40. The van der Waals surface area contributed by atoms with Crippen LogP contribution in [0.3, 0.4) is 0 Å². The van der Waals surface area contributed by atoms with Crippen LogP contribution < -0.4 is 5.32 Å². The van der Waals surface area contributed by atoms with E-state index in [-0.39, 0.29) is 30.2 Å². The van der Waals surface area contributed by atoms with Crippen LogP contribution in [-0.4, -0.2) is 28.3 Å². The molecule has 0 aliphatic heterocycles. The lowest BCUT2D eigenvalue weighted by Crippen LogP contribution is -2.39. The summed E-state index contributed by atoms with van der Waals surface area (Å²) in [6.45, 7) is 0. The molecule has 98 valence electrons. The summed E-state index contributed by atoms with van der Waals surface area (Å²) in [4.78, 5) is 11.8. The number of hydrogen-bond acceptors (Lipinski definition) is 3. The van der Waals surface area contributed by atoms with Gasteiger partial charge in [-0.3, -0.25) is 4.79 Å². The molecule has 1 aliphatic rings. The minimum absolute atomic E-state index is 0.0714. The predicted molar refractivity (Wildman–Crippen MR) is 68.2 cm³/mol. The van der Waals surface area contributed by atoms with Gasteiger partial charge < -0.3 is 15.5 Å². The second kappa shape index (κ2) is 5.87. The standard InChI is InChI=1S/C14H19NO3/c16-12-7-5-11(6-8-12)15-14(18)9-10-3-1-2-4-13(10)17/h1-4,11-12,16-17H,5-9H2,(H,15,18). The van der Waals surface area contributed by atoms with Gasteiger partial charge in [-0.15, -0.1) is 0 Å². The number of para-hydroxylation sites is 1. The molecule has 0 radical (unpaired) electrons. The van der Waals surface area contributed by atoms with Gasteiger partial charge in [0.1, 0.15) is 5.75 Å².